The molecule has 3 fully saturated rings. The molecule has 0 spiro atoms. The van der Waals surface area contributed by atoms with Crippen molar-refractivity contribution in [1.29, 1.82) is 0 Å². The van der Waals surface area contributed by atoms with Crippen molar-refractivity contribution in [3.05, 3.63) is 11.6 Å². The van der Waals surface area contributed by atoms with Crippen LogP contribution in [0, 0.1) is 17.8 Å². The summed E-state index contributed by atoms with van der Waals surface area (Å²) in [6.07, 6.45) is 11.0. The molecule has 3 aliphatic rings. The van der Waals surface area contributed by atoms with Crippen molar-refractivity contribution < 1.29 is 24.5 Å². The average molecular weight is 339 g/mol. The van der Waals surface area contributed by atoms with E-state index in [1.807, 2.05) is 0 Å². The molecular formula is C19H31O5+. The fourth-order valence-corrected chi connectivity index (χ4v) is 4.78. The van der Waals surface area contributed by atoms with Gasteiger partial charge in [-0.25, -0.2) is 0 Å². The molecule has 136 valence electrons. The van der Waals surface area contributed by atoms with Crippen LogP contribution in [0.1, 0.15) is 57.8 Å². The molecule has 5 atom stereocenters. The Morgan fingerprint density at radius 3 is 2.92 bits per heavy atom. The van der Waals surface area contributed by atoms with Gasteiger partial charge in [-0.2, -0.15) is 0 Å². The maximum atomic E-state index is 10.6. The van der Waals surface area contributed by atoms with Crippen LogP contribution in [0.15, 0.2) is 11.6 Å². The summed E-state index contributed by atoms with van der Waals surface area (Å²) in [4.78, 5) is 10.6. The Hall–Kier alpha value is -0.910. The fourth-order valence-electron chi connectivity index (χ4n) is 4.78. The number of aliphatic carboxylic acids is 1. The summed E-state index contributed by atoms with van der Waals surface area (Å²) in [6.45, 7) is 1.04. The number of fused-ring (bicyclic) bond motifs is 1. The third kappa shape index (κ3) is 4.38. The first kappa shape index (κ1) is 17.9. The number of allylic oxidation sites excluding steroid dienone is 2. The summed E-state index contributed by atoms with van der Waals surface area (Å²) in [5.74, 6) is 0.722. The highest BCUT2D eigenvalue weighted by atomic mass is 16.7. The number of carbonyl (C=O) groups is 1. The number of hydrogen-bond donors (Lipinski definition) is 2. The van der Waals surface area contributed by atoms with Crippen molar-refractivity contribution in [2.75, 3.05) is 13.2 Å². The Bertz CT molecular complexity index is 455. The standard InChI is InChI=1S/C19H30O5/c20-12-16-15-10-13(5-1-2-6-18(21)22)9-14(15)11-17(16)24-19-7-3-4-8-23-19/h5,14-17,19-20H,1-4,6-12H2,(H,21,22)/p+1/b13-5-/t14-,15-,16+,17?,19?/m0/s1. The minimum absolute atomic E-state index is 0.0441. The third-order valence-corrected chi connectivity index (χ3v) is 5.97. The molecule has 1 saturated heterocycles. The van der Waals surface area contributed by atoms with Crippen molar-refractivity contribution in [1.82, 2.24) is 0 Å². The maximum absolute atomic E-state index is 10.6. The summed E-state index contributed by atoms with van der Waals surface area (Å²) < 4.78 is 10.7. The molecule has 3 rings (SSSR count). The molecule has 0 aromatic heterocycles. The Labute approximate surface area is 144 Å². The van der Waals surface area contributed by atoms with Gasteiger partial charge in [0, 0.05) is 19.3 Å². The van der Waals surface area contributed by atoms with E-state index in [9.17, 15) is 9.90 Å². The van der Waals surface area contributed by atoms with Gasteiger partial charge in [-0.05, 0) is 50.4 Å². The van der Waals surface area contributed by atoms with E-state index in [1.54, 1.807) is 0 Å². The number of hydrogen-bond acceptors (Lipinski definition) is 3. The number of carboxylic acids is 1. The van der Waals surface area contributed by atoms with Gasteiger partial charge in [-0.15, -0.1) is 0 Å². The number of unbranched alkanes of at least 4 members (excludes halogenated alkanes) is 1. The van der Waals surface area contributed by atoms with Gasteiger partial charge >= 0.3 is 5.97 Å². The lowest BCUT2D eigenvalue weighted by Gasteiger charge is -2.26. The van der Waals surface area contributed by atoms with E-state index in [2.05, 4.69) is 6.08 Å². The lowest BCUT2D eigenvalue weighted by molar-refractivity contribution is -0.292. The first-order chi connectivity index (χ1) is 11.7. The lowest BCUT2D eigenvalue weighted by Crippen LogP contribution is -2.36. The lowest BCUT2D eigenvalue weighted by atomic mass is 9.92. The van der Waals surface area contributed by atoms with Crippen LogP contribution in [0.3, 0.4) is 0 Å². The van der Waals surface area contributed by atoms with Crippen LogP contribution in [-0.2, 0) is 9.53 Å². The van der Waals surface area contributed by atoms with Crippen LogP contribution >= 0.6 is 0 Å². The number of carboxylic acid groups (broad SMARTS) is 1. The zero-order valence-electron chi connectivity index (χ0n) is 14.4. The minimum Gasteiger partial charge on any atom is -0.481 e. The number of ether oxygens (including phenoxy) is 2. The van der Waals surface area contributed by atoms with Gasteiger partial charge in [0.1, 0.15) is 0 Å². The first-order valence-corrected chi connectivity index (χ1v) is 9.49. The van der Waals surface area contributed by atoms with E-state index >= 15 is 0 Å². The molecule has 2 aliphatic carbocycles. The summed E-state index contributed by atoms with van der Waals surface area (Å²) >= 11 is 0. The molecule has 0 radical (unpaired) electrons. The van der Waals surface area contributed by atoms with Crippen molar-refractivity contribution in [3.63, 3.8) is 0 Å². The van der Waals surface area contributed by atoms with Crippen LogP contribution < -0.4 is 0 Å². The van der Waals surface area contributed by atoms with E-state index < -0.39 is 5.97 Å². The maximum Gasteiger partial charge on any atom is 0.303 e. The van der Waals surface area contributed by atoms with Crippen molar-refractivity contribution in [2.24, 2.45) is 17.8 Å². The van der Waals surface area contributed by atoms with Crippen LogP contribution in [0.25, 0.3) is 0 Å². The van der Waals surface area contributed by atoms with E-state index in [-0.39, 0.29) is 31.3 Å². The van der Waals surface area contributed by atoms with E-state index in [1.165, 1.54) is 12.0 Å². The molecule has 1 aliphatic heterocycles. The molecule has 0 aromatic carbocycles. The summed E-state index contributed by atoms with van der Waals surface area (Å²) in [5.41, 5.74) is 1.46. The largest absolute Gasteiger partial charge is 0.481 e. The van der Waals surface area contributed by atoms with Crippen LogP contribution in [-0.4, -0.2) is 46.5 Å². The van der Waals surface area contributed by atoms with Gasteiger partial charge in [-0.3, -0.25) is 4.79 Å². The molecule has 3 N–H and O–H groups in total. The highest BCUT2D eigenvalue weighted by molar-refractivity contribution is 5.66. The molecule has 0 amide bonds. The molecule has 5 nitrogen and oxygen atoms in total. The smallest absolute Gasteiger partial charge is 0.303 e. The zero-order valence-corrected chi connectivity index (χ0v) is 14.4. The fraction of sp³-hybridized carbons (Fsp3) is 0.842. The molecule has 2 saturated carbocycles. The Morgan fingerprint density at radius 1 is 1.33 bits per heavy atom. The molecule has 5 heteroatoms. The van der Waals surface area contributed by atoms with Gasteiger partial charge in [-0.1, -0.05) is 11.6 Å². The van der Waals surface area contributed by atoms with Crippen LogP contribution in [0.4, 0.5) is 0 Å². The number of rotatable bonds is 7. The predicted molar refractivity (Wildman–Crippen MR) is 90.6 cm³/mol. The molecule has 0 bridgehead atoms. The molecule has 0 aromatic rings. The normalized spacial score (nSPS) is 37.7. The quantitative estimate of drug-likeness (QED) is 0.424. The van der Waals surface area contributed by atoms with Crippen molar-refractivity contribution >= 4 is 5.97 Å². The van der Waals surface area contributed by atoms with Crippen molar-refractivity contribution in [2.45, 2.75) is 70.2 Å². The monoisotopic (exact) mass is 339 g/mol. The van der Waals surface area contributed by atoms with Gasteiger partial charge in [0.15, 0.2) is 6.10 Å². The van der Waals surface area contributed by atoms with Crippen LogP contribution in [0.5, 0.6) is 0 Å². The third-order valence-electron chi connectivity index (χ3n) is 5.97. The number of aliphatic hydroxyl groups excluding tert-OH is 1. The highest BCUT2D eigenvalue weighted by Gasteiger charge is 2.50. The van der Waals surface area contributed by atoms with Gasteiger partial charge < -0.3 is 19.7 Å². The van der Waals surface area contributed by atoms with Crippen LogP contribution in [0.2, 0.25) is 0 Å². The van der Waals surface area contributed by atoms with E-state index in [0.717, 1.165) is 45.1 Å². The SMILES string of the molecule is O=C(O)CCC/C=C1/C[C@H]2CC([OH+]C3CCCCO3)[C@H](CO)[C@H]2C1. The van der Waals surface area contributed by atoms with Gasteiger partial charge in [0.05, 0.1) is 19.1 Å². The second-order valence-corrected chi connectivity index (χ2v) is 7.60. The van der Waals surface area contributed by atoms with E-state index in [4.69, 9.17) is 14.6 Å². The second-order valence-electron chi connectivity index (χ2n) is 7.60. The van der Waals surface area contributed by atoms with Gasteiger partial charge in [0.25, 0.3) is 6.29 Å². The topological polar surface area (TPSA) is 79.6 Å². The van der Waals surface area contributed by atoms with Gasteiger partial charge in [0.2, 0.25) is 0 Å². The minimum atomic E-state index is -0.716. The Kier molecular flexibility index (Phi) is 6.31. The summed E-state index contributed by atoms with van der Waals surface area (Å²) in [6, 6.07) is 0. The molecule has 24 heavy (non-hydrogen) atoms. The molecular weight excluding hydrogens is 308 g/mol. The highest BCUT2D eigenvalue weighted by Crippen LogP contribution is 2.50. The predicted octanol–water partition coefficient (Wildman–Crippen LogP) is 2.63. The first-order valence-electron chi connectivity index (χ1n) is 9.49. The second kappa shape index (κ2) is 8.45. The Balaban J connectivity index is 1.49. The summed E-state index contributed by atoms with van der Waals surface area (Å²) in [7, 11) is 0. The number of aliphatic hydroxyl groups is 3. The molecule has 1 heterocycles. The Morgan fingerprint density at radius 2 is 2.21 bits per heavy atom. The molecule has 2 unspecified atom stereocenters. The summed E-state index contributed by atoms with van der Waals surface area (Å²) in [5, 5.41) is 18.6. The van der Waals surface area contributed by atoms with E-state index in [0.29, 0.717) is 18.3 Å². The zero-order chi connectivity index (χ0) is 16.9. The average Bonchev–Trinajstić information content (AvgIpc) is 3.09. The van der Waals surface area contributed by atoms with Crippen molar-refractivity contribution in [3.8, 4) is 0 Å².